The van der Waals surface area contributed by atoms with Crippen LogP contribution in [0.25, 0.3) is 0 Å². The normalized spacial score (nSPS) is 10.7. The number of benzene rings is 1. The Bertz CT molecular complexity index is 504. The van der Waals surface area contributed by atoms with E-state index < -0.39 is 17.8 Å². The maximum Gasteiger partial charge on any atom is 0.321 e. The van der Waals surface area contributed by atoms with Gasteiger partial charge in [-0.15, -0.1) is 0 Å². The first-order valence-electron chi connectivity index (χ1n) is 5.35. The van der Waals surface area contributed by atoms with Gasteiger partial charge in [-0.1, -0.05) is 6.07 Å². The van der Waals surface area contributed by atoms with Gasteiger partial charge in [0.25, 0.3) is 0 Å². The average molecular weight is 267 g/mol. The van der Waals surface area contributed by atoms with Crippen molar-refractivity contribution >= 4 is 23.6 Å². The minimum atomic E-state index is -0.535. The summed E-state index contributed by atoms with van der Waals surface area (Å²) in [6.45, 7) is -0.285. The average Bonchev–Trinajstić information content (AvgIpc) is 2.36. The number of amides is 3. The molecule has 0 bridgehead atoms. The van der Waals surface area contributed by atoms with E-state index in [1.54, 1.807) is 0 Å². The number of nitrogens with two attached hydrogens (primary N) is 1. The van der Waals surface area contributed by atoms with Gasteiger partial charge < -0.3 is 16.4 Å². The predicted molar refractivity (Wildman–Crippen MR) is 69.1 cm³/mol. The molecule has 0 aliphatic rings. The lowest BCUT2D eigenvalue weighted by Crippen LogP contribution is -2.42. The summed E-state index contributed by atoms with van der Waals surface area (Å²) in [6.07, 6.45) is 0. The second-order valence-electron chi connectivity index (χ2n) is 3.46. The molecule has 0 spiro atoms. The molecule has 0 aliphatic heterocycles. The fraction of sp³-hybridized carbons (Fsp3) is 0.182. The highest BCUT2D eigenvalue weighted by Crippen LogP contribution is 2.08. The Balaban J connectivity index is 2.47. The minimum absolute atomic E-state index is 0.186. The molecule has 0 unspecified atom stereocenters. The Morgan fingerprint density at radius 3 is 2.79 bits per heavy atom. The summed E-state index contributed by atoms with van der Waals surface area (Å²) in [5.41, 5.74) is 5.67. The van der Waals surface area contributed by atoms with Crippen LogP contribution in [0.3, 0.4) is 0 Å². The van der Waals surface area contributed by atoms with Crippen LogP contribution < -0.4 is 21.7 Å². The van der Waals surface area contributed by atoms with E-state index >= 15 is 0 Å². The third-order valence-electron chi connectivity index (χ3n) is 1.97. The van der Waals surface area contributed by atoms with E-state index in [9.17, 15) is 14.0 Å². The number of guanidine groups is 1. The van der Waals surface area contributed by atoms with Gasteiger partial charge in [-0.3, -0.25) is 10.1 Å². The first-order valence-corrected chi connectivity index (χ1v) is 5.35. The van der Waals surface area contributed by atoms with Crippen molar-refractivity contribution < 1.29 is 14.0 Å². The first-order chi connectivity index (χ1) is 9.01. The topological polar surface area (TPSA) is 109 Å². The number of anilines is 1. The molecule has 0 atom stereocenters. The predicted octanol–water partition coefficient (Wildman–Crippen LogP) is 0.00790. The molecule has 1 aromatic carbocycles. The van der Waals surface area contributed by atoms with E-state index in [0.29, 0.717) is 5.69 Å². The third kappa shape index (κ3) is 5.48. The summed E-state index contributed by atoms with van der Waals surface area (Å²) in [6, 6.07) is 4.91. The van der Waals surface area contributed by atoms with Crippen molar-refractivity contribution in [2.75, 3.05) is 18.9 Å². The second-order valence-corrected chi connectivity index (χ2v) is 3.46. The van der Waals surface area contributed by atoms with Crippen LogP contribution in [0.4, 0.5) is 14.9 Å². The van der Waals surface area contributed by atoms with E-state index in [0.717, 1.165) is 0 Å². The lowest BCUT2D eigenvalue weighted by molar-refractivity contribution is -0.114. The molecule has 0 saturated heterocycles. The molecule has 0 aliphatic carbocycles. The zero-order valence-electron chi connectivity index (χ0n) is 10.2. The van der Waals surface area contributed by atoms with E-state index in [-0.39, 0.29) is 12.5 Å². The van der Waals surface area contributed by atoms with Gasteiger partial charge in [0.05, 0.1) is 0 Å². The van der Waals surface area contributed by atoms with E-state index in [1.165, 1.54) is 31.3 Å². The van der Waals surface area contributed by atoms with Crippen LogP contribution in [0.15, 0.2) is 29.3 Å². The summed E-state index contributed by atoms with van der Waals surface area (Å²) in [5.74, 6) is -1.12. The van der Waals surface area contributed by atoms with Crippen molar-refractivity contribution in [2.45, 2.75) is 0 Å². The first kappa shape index (κ1) is 14.4. The van der Waals surface area contributed by atoms with E-state index in [2.05, 4.69) is 20.9 Å². The standard InChI is InChI=1S/C11H14FN5O2/c1-14-11(19)17-10(13)15-6-9(18)16-8-4-2-3-7(12)5-8/h2-5H,6H2,1H3,(H,16,18)(H4,13,14,15,17,19). The van der Waals surface area contributed by atoms with Crippen LogP contribution in [-0.4, -0.2) is 31.5 Å². The van der Waals surface area contributed by atoms with Gasteiger partial charge in [-0.25, -0.2) is 14.2 Å². The third-order valence-corrected chi connectivity index (χ3v) is 1.97. The fourth-order valence-electron chi connectivity index (χ4n) is 1.14. The molecular weight excluding hydrogens is 253 g/mol. The van der Waals surface area contributed by atoms with Crippen molar-refractivity contribution in [3.63, 3.8) is 0 Å². The number of hydrogen-bond donors (Lipinski definition) is 4. The van der Waals surface area contributed by atoms with Gasteiger partial charge in [0.2, 0.25) is 5.91 Å². The molecule has 1 aromatic rings. The number of nitrogens with one attached hydrogen (secondary N) is 3. The van der Waals surface area contributed by atoms with Crippen LogP contribution in [0.2, 0.25) is 0 Å². The molecule has 102 valence electrons. The molecule has 0 radical (unpaired) electrons. The van der Waals surface area contributed by atoms with Crippen LogP contribution in [0.5, 0.6) is 0 Å². The number of urea groups is 1. The SMILES string of the molecule is CNC(=O)NC(N)=NCC(=O)Nc1cccc(F)c1. The van der Waals surface area contributed by atoms with Gasteiger partial charge in [0.1, 0.15) is 12.4 Å². The highest BCUT2D eigenvalue weighted by molar-refractivity contribution is 5.97. The highest BCUT2D eigenvalue weighted by atomic mass is 19.1. The second kappa shape index (κ2) is 6.94. The molecule has 5 N–H and O–H groups in total. The van der Waals surface area contributed by atoms with Gasteiger partial charge in [-0.05, 0) is 18.2 Å². The number of carbonyl (C=O) groups is 2. The summed E-state index contributed by atoms with van der Waals surface area (Å²) in [4.78, 5) is 26.0. The van der Waals surface area contributed by atoms with E-state index in [1.807, 2.05) is 0 Å². The Morgan fingerprint density at radius 1 is 1.42 bits per heavy atom. The van der Waals surface area contributed by atoms with Crippen LogP contribution in [-0.2, 0) is 4.79 Å². The van der Waals surface area contributed by atoms with Crippen LogP contribution in [0.1, 0.15) is 0 Å². The monoisotopic (exact) mass is 267 g/mol. The molecule has 8 heteroatoms. The van der Waals surface area contributed by atoms with Crippen LogP contribution in [0, 0.1) is 5.82 Å². The summed E-state index contributed by atoms with van der Waals surface area (Å²) in [5, 5.41) is 6.91. The minimum Gasteiger partial charge on any atom is -0.370 e. The summed E-state index contributed by atoms with van der Waals surface area (Å²) >= 11 is 0. The number of hydrogen-bond acceptors (Lipinski definition) is 3. The largest absolute Gasteiger partial charge is 0.370 e. The summed E-state index contributed by atoms with van der Waals surface area (Å²) in [7, 11) is 1.42. The van der Waals surface area contributed by atoms with Gasteiger partial charge in [-0.2, -0.15) is 0 Å². The molecular formula is C11H14FN5O2. The summed E-state index contributed by atoms with van der Waals surface area (Å²) < 4.78 is 12.9. The lowest BCUT2D eigenvalue weighted by Gasteiger charge is -2.05. The number of aliphatic imine (C=N–C) groups is 1. The number of nitrogens with zero attached hydrogens (tertiary/aromatic N) is 1. The number of halogens is 1. The lowest BCUT2D eigenvalue weighted by atomic mass is 10.3. The Kier molecular flexibility index (Phi) is 5.27. The fourth-order valence-corrected chi connectivity index (χ4v) is 1.14. The van der Waals surface area contributed by atoms with Crippen molar-refractivity contribution in [1.29, 1.82) is 0 Å². The zero-order chi connectivity index (χ0) is 14.3. The van der Waals surface area contributed by atoms with Gasteiger partial charge in [0.15, 0.2) is 5.96 Å². The quantitative estimate of drug-likeness (QED) is 0.457. The molecule has 0 aromatic heterocycles. The Hall–Kier alpha value is -2.64. The molecule has 0 saturated carbocycles. The highest BCUT2D eigenvalue weighted by Gasteiger charge is 2.03. The molecule has 3 amide bonds. The Morgan fingerprint density at radius 2 is 2.16 bits per heavy atom. The molecule has 0 fully saturated rings. The maximum atomic E-state index is 12.9. The van der Waals surface area contributed by atoms with Crippen molar-refractivity contribution in [3.05, 3.63) is 30.1 Å². The van der Waals surface area contributed by atoms with Crippen molar-refractivity contribution in [3.8, 4) is 0 Å². The van der Waals surface area contributed by atoms with Gasteiger partial charge >= 0.3 is 6.03 Å². The Labute approximate surface area is 109 Å². The molecule has 0 heterocycles. The van der Waals surface area contributed by atoms with Crippen LogP contribution >= 0.6 is 0 Å². The van der Waals surface area contributed by atoms with Crippen molar-refractivity contribution in [1.82, 2.24) is 10.6 Å². The zero-order valence-corrected chi connectivity index (χ0v) is 10.2. The van der Waals surface area contributed by atoms with Gasteiger partial charge in [0, 0.05) is 12.7 Å². The van der Waals surface area contributed by atoms with Crippen molar-refractivity contribution in [2.24, 2.45) is 10.7 Å². The number of rotatable bonds is 3. The number of carbonyl (C=O) groups excluding carboxylic acids is 2. The maximum absolute atomic E-state index is 12.9. The van der Waals surface area contributed by atoms with E-state index in [4.69, 9.17) is 5.73 Å². The molecule has 19 heavy (non-hydrogen) atoms. The smallest absolute Gasteiger partial charge is 0.321 e. The molecule has 1 rings (SSSR count). The molecule has 7 nitrogen and oxygen atoms in total.